The van der Waals surface area contributed by atoms with Gasteiger partial charge in [-0.15, -0.1) is 11.3 Å². The number of benzene rings is 1. The second-order valence-electron chi connectivity index (χ2n) is 4.29. The van der Waals surface area contributed by atoms with E-state index in [4.69, 9.17) is 0 Å². The number of hydrogen-bond acceptors (Lipinski definition) is 2. The van der Waals surface area contributed by atoms with Gasteiger partial charge in [0.05, 0.1) is 8.45 Å². The van der Waals surface area contributed by atoms with E-state index in [1.165, 1.54) is 5.56 Å². The first-order valence-corrected chi connectivity index (χ1v) is 7.57. The van der Waals surface area contributed by atoms with Crippen LogP contribution >= 0.6 is 33.9 Å². The Balaban J connectivity index is 2.08. The molecule has 0 aliphatic carbocycles. The third-order valence-electron chi connectivity index (χ3n) is 2.66. The number of thiophene rings is 1. The van der Waals surface area contributed by atoms with E-state index < -0.39 is 0 Å². The highest BCUT2D eigenvalue weighted by Gasteiger charge is 2.13. The third-order valence-corrected chi connectivity index (χ3v) is 4.45. The predicted octanol–water partition coefficient (Wildman–Crippen LogP) is 3.93. The van der Waals surface area contributed by atoms with Gasteiger partial charge in [0.25, 0.3) is 5.91 Å². The summed E-state index contributed by atoms with van der Waals surface area (Å²) in [4.78, 5) is 13.9. The van der Waals surface area contributed by atoms with Crippen molar-refractivity contribution in [2.75, 3.05) is 7.05 Å². The van der Waals surface area contributed by atoms with E-state index in [9.17, 15) is 4.79 Å². The third kappa shape index (κ3) is 3.32. The Hall–Kier alpha value is -0.880. The minimum Gasteiger partial charge on any atom is -0.337 e. The van der Waals surface area contributed by atoms with Crippen LogP contribution < -0.4 is 0 Å². The summed E-state index contributed by atoms with van der Waals surface area (Å²) in [6.07, 6.45) is 0. The van der Waals surface area contributed by atoms with Crippen LogP contribution in [0.2, 0.25) is 0 Å². The van der Waals surface area contributed by atoms with Gasteiger partial charge in [0.2, 0.25) is 0 Å². The molecule has 1 heterocycles. The standard InChI is InChI=1S/C14H14INOS/c1-10-4-3-5-11(6-10)8-16(2)14(17)12-7-13(15)18-9-12/h3-7,9H,8H2,1-2H3. The second-order valence-corrected chi connectivity index (χ2v) is 7.10. The quantitative estimate of drug-likeness (QED) is 0.749. The number of nitrogens with zero attached hydrogens (tertiary/aromatic N) is 1. The maximum Gasteiger partial charge on any atom is 0.254 e. The van der Waals surface area contributed by atoms with Crippen LogP contribution in [0.3, 0.4) is 0 Å². The smallest absolute Gasteiger partial charge is 0.254 e. The summed E-state index contributed by atoms with van der Waals surface area (Å²) >= 11 is 3.83. The first-order valence-electron chi connectivity index (χ1n) is 5.61. The lowest BCUT2D eigenvalue weighted by Crippen LogP contribution is -2.25. The van der Waals surface area contributed by atoms with Gasteiger partial charge in [0.15, 0.2) is 0 Å². The lowest BCUT2D eigenvalue weighted by molar-refractivity contribution is 0.0785. The van der Waals surface area contributed by atoms with Crippen LogP contribution in [-0.2, 0) is 6.54 Å². The second kappa shape index (κ2) is 5.84. The van der Waals surface area contributed by atoms with Crippen LogP contribution in [-0.4, -0.2) is 17.9 Å². The van der Waals surface area contributed by atoms with Crippen LogP contribution in [0.15, 0.2) is 35.7 Å². The average molecular weight is 371 g/mol. The van der Waals surface area contributed by atoms with Gasteiger partial charge in [-0.2, -0.15) is 0 Å². The first-order chi connectivity index (χ1) is 8.56. The largest absolute Gasteiger partial charge is 0.337 e. The summed E-state index contributed by atoms with van der Waals surface area (Å²) in [5.41, 5.74) is 3.16. The highest BCUT2D eigenvalue weighted by Crippen LogP contribution is 2.18. The molecule has 2 rings (SSSR count). The Bertz CT molecular complexity index is 564. The topological polar surface area (TPSA) is 20.3 Å². The van der Waals surface area contributed by atoms with E-state index in [1.54, 1.807) is 16.2 Å². The van der Waals surface area contributed by atoms with Gasteiger partial charge in [0, 0.05) is 19.0 Å². The van der Waals surface area contributed by atoms with Crippen LogP contribution in [0.4, 0.5) is 0 Å². The molecule has 0 bridgehead atoms. The molecule has 0 radical (unpaired) electrons. The van der Waals surface area contributed by atoms with Crippen molar-refractivity contribution in [3.63, 3.8) is 0 Å². The van der Waals surface area contributed by atoms with Crippen LogP contribution in [0.5, 0.6) is 0 Å². The van der Waals surface area contributed by atoms with Crippen molar-refractivity contribution in [1.82, 2.24) is 4.90 Å². The van der Waals surface area contributed by atoms with Crippen molar-refractivity contribution in [2.24, 2.45) is 0 Å². The minimum atomic E-state index is 0.0793. The molecule has 0 atom stereocenters. The number of amides is 1. The zero-order valence-electron chi connectivity index (χ0n) is 10.3. The monoisotopic (exact) mass is 371 g/mol. The minimum absolute atomic E-state index is 0.0793. The van der Waals surface area contributed by atoms with E-state index in [0.29, 0.717) is 6.54 Å². The molecule has 0 aliphatic rings. The van der Waals surface area contributed by atoms with Crippen molar-refractivity contribution in [3.05, 3.63) is 55.3 Å². The van der Waals surface area contributed by atoms with E-state index in [0.717, 1.165) is 14.0 Å². The van der Waals surface area contributed by atoms with Gasteiger partial charge in [0.1, 0.15) is 0 Å². The van der Waals surface area contributed by atoms with Crippen LogP contribution in [0.25, 0.3) is 0 Å². The van der Waals surface area contributed by atoms with E-state index in [-0.39, 0.29) is 5.91 Å². The molecular weight excluding hydrogens is 357 g/mol. The average Bonchev–Trinajstić information content (AvgIpc) is 2.75. The number of rotatable bonds is 3. The molecule has 94 valence electrons. The lowest BCUT2D eigenvalue weighted by atomic mass is 10.1. The molecule has 0 fully saturated rings. The summed E-state index contributed by atoms with van der Waals surface area (Å²) in [7, 11) is 1.84. The molecule has 2 aromatic rings. The van der Waals surface area contributed by atoms with E-state index in [2.05, 4.69) is 41.6 Å². The fraction of sp³-hybridized carbons (Fsp3) is 0.214. The Morgan fingerprint density at radius 1 is 1.39 bits per heavy atom. The van der Waals surface area contributed by atoms with Crippen molar-refractivity contribution < 1.29 is 4.79 Å². The number of halogens is 1. The highest BCUT2D eigenvalue weighted by atomic mass is 127. The molecule has 0 spiro atoms. The van der Waals surface area contributed by atoms with Crippen molar-refractivity contribution in [2.45, 2.75) is 13.5 Å². The van der Waals surface area contributed by atoms with Gasteiger partial charge in [-0.05, 0) is 41.1 Å². The van der Waals surface area contributed by atoms with Gasteiger partial charge in [-0.25, -0.2) is 0 Å². The Morgan fingerprint density at radius 3 is 2.78 bits per heavy atom. The molecule has 0 aliphatic heterocycles. The molecule has 0 saturated carbocycles. The fourth-order valence-corrected chi connectivity index (χ4v) is 3.12. The first kappa shape index (κ1) is 13.5. The number of hydrogen-bond donors (Lipinski definition) is 0. The summed E-state index contributed by atoms with van der Waals surface area (Å²) in [5, 5.41) is 1.91. The maximum atomic E-state index is 12.2. The Labute approximate surface area is 125 Å². The molecular formula is C14H14INOS. The van der Waals surface area contributed by atoms with Crippen LogP contribution in [0.1, 0.15) is 21.5 Å². The molecule has 18 heavy (non-hydrogen) atoms. The molecule has 0 N–H and O–H groups in total. The van der Waals surface area contributed by atoms with Gasteiger partial charge < -0.3 is 4.90 Å². The summed E-state index contributed by atoms with van der Waals surface area (Å²) in [6, 6.07) is 10.2. The summed E-state index contributed by atoms with van der Waals surface area (Å²) < 4.78 is 1.14. The maximum absolute atomic E-state index is 12.2. The Morgan fingerprint density at radius 2 is 2.17 bits per heavy atom. The van der Waals surface area contributed by atoms with Gasteiger partial charge in [-0.3, -0.25) is 4.79 Å². The molecule has 0 unspecified atom stereocenters. The lowest BCUT2D eigenvalue weighted by Gasteiger charge is -2.16. The number of carbonyl (C=O) groups excluding carboxylic acids is 1. The van der Waals surface area contributed by atoms with Crippen molar-refractivity contribution in [3.8, 4) is 0 Å². The zero-order valence-corrected chi connectivity index (χ0v) is 13.3. The molecule has 2 nitrogen and oxygen atoms in total. The Kier molecular flexibility index (Phi) is 4.40. The summed E-state index contributed by atoms with van der Waals surface area (Å²) in [6.45, 7) is 2.71. The molecule has 1 amide bonds. The number of aryl methyl sites for hydroxylation is 1. The van der Waals surface area contributed by atoms with Crippen LogP contribution in [0, 0.1) is 9.81 Å². The van der Waals surface area contributed by atoms with E-state index >= 15 is 0 Å². The number of carbonyl (C=O) groups is 1. The van der Waals surface area contributed by atoms with Gasteiger partial charge >= 0.3 is 0 Å². The van der Waals surface area contributed by atoms with Crippen molar-refractivity contribution >= 4 is 39.8 Å². The fourth-order valence-electron chi connectivity index (χ4n) is 1.80. The van der Waals surface area contributed by atoms with E-state index in [1.807, 2.05) is 30.6 Å². The molecule has 0 saturated heterocycles. The molecule has 1 aromatic carbocycles. The summed E-state index contributed by atoms with van der Waals surface area (Å²) in [5.74, 6) is 0.0793. The van der Waals surface area contributed by atoms with Crippen molar-refractivity contribution in [1.29, 1.82) is 0 Å². The predicted molar refractivity (Wildman–Crippen MR) is 84.0 cm³/mol. The molecule has 1 aromatic heterocycles. The SMILES string of the molecule is Cc1cccc(CN(C)C(=O)c2csc(I)c2)c1. The highest BCUT2D eigenvalue weighted by molar-refractivity contribution is 14.1. The zero-order chi connectivity index (χ0) is 13.1. The normalized spacial score (nSPS) is 10.4. The molecule has 4 heteroatoms. The van der Waals surface area contributed by atoms with Gasteiger partial charge in [-0.1, -0.05) is 29.8 Å².